The summed E-state index contributed by atoms with van der Waals surface area (Å²) in [6.07, 6.45) is 0.117. The molecule has 25 heavy (non-hydrogen) atoms. The maximum Gasteiger partial charge on any atom is 0.229 e. The van der Waals surface area contributed by atoms with E-state index in [9.17, 15) is 9.59 Å². The zero-order chi connectivity index (χ0) is 18.0. The van der Waals surface area contributed by atoms with E-state index in [1.807, 2.05) is 6.07 Å². The zero-order valence-corrected chi connectivity index (χ0v) is 14.5. The Hall–Kier alpha value is -2.55. The second kappa shape index (κ2) is 7.14. The minimum atomic E-state index is -0.471. The molecule has 2 aromatic carbocycles. The van der Waals surface area contributed by atoms with Gasteiger partial charge >= 0.3 is 0 Å². The van der Waals surface area contributed by atoms with Crippen molar-refractivity contribution < 1.29 is 9.59 Å². The molecule has 0 spiro atoms. The number of amides is 2. The second-order valence-corrected chi connectivity index (χ2v) is 6.58. The number of carbonyl (C=O) groups is 2. The van der Waals surface area contributed by atoms with E-state index in [1.165, 1.54) is 4.90 Å². The molecule has 7 heteroatoms. The first-order valence-corrected chi connectivity index (χ1v) is 8.29. The minimum Gasteiger partial charge on any atom is -0.326 e. The van der Waals surface area contributed by atoms with Crippen molar-refractivity contribution in [3.63, 3.8) is 0 Å². The van der Waals surface area contributed by atoms with Crippen LogP contribution >= 0.6 is 23.2 Å². The SMILES string of the molecule is N#Cc1ccc(NC(=O)C2CC(=O)N(c3cc(Cl)cc(Cl)c3)C2)cc1. The van der Waals surface area contributed by atoms with Gasteiger partial charge in [-0.15, -0.1) is 0 Å². The molecule has 1 saturated heterocycles. The van der Waals surface area contributed by atoms with Crippen molar-refractivity contribution in [2.24, 2.45) is 5.92 Å². The van der Waals surface area contributed by atoms with E-state index in [4.69, 9.17) is 28.5 Å². The average Bonchev–Trinajstić information content (AvgIpc) is 2.97. The molecule has 5 nitrogen and oxygen atoms in total. The van der Waals surface area contributed by atoms with Gasteiger partial charge in [-0.3, -0.25) is 9.59 Å². The molecule has 1 fully saturated rings. The van der Waals surface area contributed by atoms with Crippen LogP contribution < -0.4 is 10.2 Å². The summed E-state index contributed by atoms with van der Waals surface area (Å²) in [5.41, 5.74) is 1.68. The third-order valence-corrected chi connectivity index (χ3v) is 4.37. The first kappa shape index (κ1) is 17.3. The molecule has 0 saturated carbocycles. The number of nitrogens with one attached hydrogen (secondary N) is 1. The van der Waals surface area contributed by atoms with Crippen molar-refractivity contribution >= 4 is 46.4 Å². The summed E-state index contributed by atoms with van der Waals surface area (Å²) in [7, 11) is 0. The first-order chi connectivity index (χ1) is 12.0. The molecule has 1 aliphatic rings. The van der Waals surface area contributed by atoms with E-state index in [0.29, 0.717) is 27.0 Å². The van der Waals surface area contributed by atoms with E-state index >= 15 is 0 Å². The number of carbonyl (C=O) groups excluding carboxylic acids is 2. The summed E-state index contributed by atoms with van der Waals surface area (Å²) < 4.78 is 0. The van der Waals surface area contributed by atoms with Gasteiger partial charge in [0.2, 0.25) is 11.8 Å². The molecule has 1 N–H and O–H groups in total. The maximum atomic E-state index is 12.4. The van der Waals surface area contributed by atoms with Gasteiger partial charge in [-0.1, -0.05) is 23.2 Å². The number of nitriles is 1. The molecule has 1 aliphatic heterocycles. The standard InChI is InChI=1S/C18H13Cl2N3O2/c19-13-6-14(20)8-16(7-13)23-10-12(5-17(23)24)18(25)22-15-3-1-11(9-21)2-4-15/h1-4,6-8,12H,5,10H2,(H,22,25). The Balaban J connectivity index is 1.70. The average molecular weight is 374 g/mol. The molecule has 0 aliphatic carbocycles. The van der Waals surface area contributed by atoms with Crippen LogP contribution in [0, 0.1) is 17.2 Å². The van der Waals surface area contributed by atoms with Crippen LogP contribution in [-0.2, 0) is 9.59 Å². The summed E-state index contributed by atoms with van der Waals surface area (Å²) in [4.78, 5) is 26.2. The number of rotatable bonds is 3. The molecule has 2 aromatic rings. The van der Waals surface area contributed by atoms with Crippen molar-refractivity contribution in [1.29, 1.82) is 5.26 Å². The van der Waals surface area contributed by atoms with Gasteiger partial charge in [-0.05, 0) is 42.5 Å². The highest BCUT2D eigenvalue weighted by molar-refractivity contribution is 6.35. The Morgan fingerprint density at radius 1 is 1.16 bits per heavy atom. The third-order valence-electron chi connectivity index (χ3n) is 3.94. The smallest absolute Gasteiger partial charge is 0.229 e. The number of hydrogen-bond acceptors (Lipinski definition) is 3. The minimum absolute atomic E-state index is 0.117. The number of benzene rings is 2. The monoisotopic (exact) mass is 373 g/mol. The third kappa shape index (κ3) is 3.93. The van der Waals surface area contributed by atoms with E-state index in [0.717, 1.165) is 0 Å². The number of hydrogen-bond donors (Lipinski definition) is 1. The van der Waals surface area contributed by atoms with Crippen molar-refractivity contribution in [3.05, 3.63) is 58.1 Å². The van der Waals surface area contributed by atoms with Crippen molar-refractivity contribution in [2.45, 2.75) is 6.42 Å². The van der Waals surface area contributed by atoms with E-state index in [2.05, 4.69) is 5.32 Å². The topological polar surface area (TPSA) is 73.2 Å². The molecule has 3 rings (SSSR count). The molecule has 1 unspecified atom stereocenters. The summed E-state index contributed by atoms with van der Waals surface area (Å²) in [5.74, 6) is -0.868. The van der Waals surface area contributed by atoms with Crippen LogP contribution in [0.1, 0.15) is 12.0 Å². The molecule has 1 atom stereocenters. The van der Waals surface area contributed by atoms with Gasteiger partial charge in [-0.25, -0.2) is 0 Å². The summed E-state index contributed by atoms with van der Waals surface area (Å²) in [6.45, 7) is 0.262. The Bertz CT molecular complexity index is 855. The van der Waals surface area contributed by atoms with Crippen LogP contribution in [0.2, 0.25) is 10.0 Å². The second-order valence-electron chi connectivity index (χ2n) is 5.71. The fourth-order valence-corrected chi connectivity index (χ4v) is 3.21. The summed E-state index contributed by atoms with van der Waals surface area (Å²) in [6, 6.07) is 13.4. The molecular weight excluding hydrogens is 361 g/mol. The fourth-order valence-electron chi connectivity index (χ4n) is 2.70. The van der Waals surface area contributed by atoms with E-state index in [-0.39, 0.29) is 24.8 Å². The van der Waals surface area contributed by atoms with Gasteiger partial charge in [0.25, 0.3) is 0 Å². The Morgan fingerprint density at radius 2 is 1.80 bits per heavy atom. The lowest BCUT2D eigenvalue weighted by molar-refractivity contribution is -0.122. The predicted octanol–water partition coefficient (Wildman–Crippen LogP) is 3.86. The maximum absolute atomic E-state index is 12.4. The summed E-state index contributed by atoms with van der Waals surface area (Å²) >= 11 is 12.0. The van der Waals surface area contributed by atoms with Crippen LogP contribution in [-0.4, -0.2) is 18.4 Å². The fraction of sp³-hybridized carbons (Fsp3) is 0.167. The lowest BCUT2D eigenvalue weighted by atomic mass is 10.1. The molecule has 2 amide bonds. The summed E-state index contributed by atoms with van der Waals surface area (Å²) in [5, 5.41) is 12.4. The van der Waals surface area contributed by atoms with Gasteiger partial charge in [0.05, 0.1) is 17.6 Å². The predicted molar refractivity (Wildman–Crippen MR) is 96.7 cm³/mol. The lowest BCUT2D eigenvalue weighted by Gasteiger charge is -2.17. The number of halogens is 2. The molecule has 0 bridgehead atoms. The van der Waals surface area contributed by atoms with E-state index < -0.39 is 5.92 Å². The number of nitrogens with zero attached hydrogens (tertiary/aromatic N) is 2. The Kier molecular flexibility index (Phi) is 4.93. The highest BCUT2D eigenvalue weighted by Crippen LogP contribution is 2.30. The van der Waals surface area contributed by atoms with Crippen molar-refractivity contribution in [2.75, 3.05) is 16.8 Å². The van der Waals surface area contributed by atoms with Crippen LogP contribution in [0.15, 0.2) is 42.5 Å². The van der Waals surface area contributed by atoms with Crippen molar-refractivity contribution in [1.82, 2.24) is 0 Å². The van der Waals surface area contributed by atoms with Gasteiger partial charge in [0.1, 0.15) is 0 Å². The Morgan fingerprint density at radius 3 is 2.40 bits per heavy atom. The van der Waals surface area contributed by atoms with Gasteiger partial charge in [0.15, 0.2) is 0 Å². The van der Waals surface area contributed by atoms with E-state index in [1.54, 1.807) is 42.5 Å². The van der Waals surface area contributed by atoms with Gasteiger partial charge in [0, 0.05) is 34.4 Å². The highest BCUT2D eigenvalue weighted by Gasteiger charge is 2.35. The quantitative estimate of drug-likeness (QED) is 0.887. The van der Waals surface area contributed by atoms with Gasteiger partial charge < -0.3 is 10.2 Å². The molecular formula is C18H13Cl2N3O2. The largest absolute Gasteiger partial charge is 0.326 e. The molecule has 0 aromatic heterocycles. The first-order valence-electron chi connectivity index (χ1n) is 7.54. The normalized spacial score (nSPS) is 16.6. The van der Waals surface area contributed by atoms with Crippen LogP contribution in [0.3, 0.4) is 0 Å². The Labute approximate surface area is 154 Å². The van der Waals surface area contributed by atoms with Crippen molar-refractivity contribution in [3.8, 4) is 6.07 Å². The van der Waals surface area contributed by atoms with Crippen LogP contribution in [0.25, 0.3) is 0 Å². The lowest BCUT2D eigenvalue weighted by Crippen LogP contribution is -2.28. The molecule has 126 valence electrons. The zero-order valence-electron chi connectivity index (χ0n) is 13.0. The molecule has 0 radical (unpaired) electrons. The number of anilines is 2. The molecule has 1 heterocycles. The highest BCUT2D eigenvalue weighted by atomic mass is 35.5. The van der Waals surface area contributed by atoms with Crippen LogP contribution in [0.5, 0.6) is 0 Å². The van der Waals surface area contributed by atoms with Crippen LogP contribution in [0.4, 0.5) is 11.4 Å². The van der Waals surface area contributed by atoms with Gasteiger partial charge in [-0.2, -0.15) is 5.26 Å².